The maximum absolute atomic E-state index is 13.2. The van der Waals surface area contributed by atoms with E-state index in [0.717, 1.165) is 31.5 Å². The molecule has 0 saturated carbocycles. The standard InChI is InChI=1S/C26H27F6N3O3/c1-2-35(24(36)23-13-19-12-21(38-26(30,31)32)9-10-22(19)33-23)16-18-4-3-11-34(15-18)14-17-5-7-20(8-6-17)37-25(27,28)29/h5-10,12-13,18,33H,2-4,11,14-16H2,1H3. The lowest BCUT2D eigenvalue weighted by Gasteiger charge is -2.35. The van der Waals surface area contributed by atoms with E-state index in [1.54, 1.807) is 17.0 Å². The average molecular weight is 544 g/mol. The summed E-state index contributed by atoms with van der Waals surface area (Å²) in [5, 5.41) is 0.432. The van der Waals surface area contributed by atoms with Crippen molar-refractivity contribution in [3.05, 3.63) is 59.8 Å². The third kappa shape index (κ3) is 7.56. The molecule has 38 heavy (non-hydrogen) atoms. The molecule has 206 valence electrons. The highest BCUT2D eigenvalue weighted by atomic mass is 19.4. The van der Waals surface area contributed by atoms with Crippen molar-refractivity contribution in [1.29, 1.82) is 0 Å². The van der Waals surface area contributed by atoms with Crippen molar-refractivity contribution in [3.63, 3.8) is 0 Å². The van der Waals surface area contributed by atoms with Crippen LogP contribution in [0.3, 0.4) is 0 Å². The Hall–Kier alpha value is -3.41. The van der Waals surface area contributed by atoms with Crippen molar-refractivity contribution in [1.82, 2.24) is 14.8 Å². The minimum atomic E-state index is -4.81. The Morgan fingerprint density at radius 1 is 1.00 bits per heavy atom. The number of fused-ring (bicyclic) bond motifs is 1. The first-order valence-corrected chi connectivity index (χ1v) is 12.1. The number of piperidine rings is 1. The lowest BCUT2D eigenvalue weighted by molar-refractivity contribution is -0.275. The molecule has 1 aliphatic heterocycles. The van der Waals surface area contributed by atoms with Gasteiger partial charge in [0.25, 0.3) is 5.91 Å². The lowest BCUT2D eigenvalue weighted by atomic mass is 9.96. The lowest BCUT2D eigenvalue weighted by Crippen LogP contribution is -2.42. The second kappa shape index (κ2) is 11.1. The fraction of sp³-hybridized carbons (Fsp3) is 0.423. The number of hydrogen-bond acceptors (Lipinski definition) is 4. The molecule has 4 rings (SSSR count). The molecule has 2 aromatic carbocycles. The van der Waals surface area contributed by atoms with Gasteiger partial charge in [-0.25, -0.2) is 0 Å². The van der Waals surface area contributed by atoms with Gasteiger partial charge in [-0.3, -0.25) is 9.69 Å². The average Bonchev–Trinajstić information content (AvgIpc) is 3.25. The molecule has 12 heteroatoms. The highest BCUT2D eigenvalue weighted by Gasteiger charge is 2.32. The summed E-state index contributed by atoms with van der Waals surface area (Å²) >= 11 is 0. The molecule has 6 nitrogen and oxygen atoms in total. The van der Waals surface area contributed by atoms with Gasteiger partial charge in [-0.2, -0.15) is 0 Å². The molecular weight excluding hydrogens is 516 g/mol. The molecule has 1 aromatic heterocycles. The van der Waals surface area contributed by atoms with Gasteiger partial charge < -0.3 is 19.4 Å². The fourth-order valence-corrected chi connectivity index (χ4v) is 4.76. The molecule has 0 spiro atoms. The van der Waals surface area contributed by atoms with Crippen LogP contribution in [0.4, 0.5) is 26.3 Å². The summed E-state index contributed by atoms with van der Waals surface area (Å²) in [6.07, 6.45) is -7.70. The number of aromatic amines is 1. The summed E-state index contributed by atoms with van der Waals surface area (Å²) in [6.45, 7) is 4.93. The number of carbonyl (C=O) groups is 1. The van der Waals surface area contributed by atoms with Crippen LogP contribution in [0.5, 0.6) is 11.5 Å². The van der Waals surface area contributed by atoms with Crippen LogP contribution >= 0.6 is 0 Å². The number of benzene rings is 2. The number of halogens is 6. The smallest absolute Gasteiger partial charge is 0.406 e. The summed E-state index contributed by atoms with van der Waals surface area (Å²) in [5.41, 5.74) is 1.66. The summed E-state index contributed by atoms with van der Waals surface area (Å²) in [5.74, 6) is -0.688. The van der Waals surface area contributed by atoms with Crippen LogP contribution in [0.2, 0.25) is 0 Å². The zero-order valence-electron chi connectivity index (χ0n) is 20.5. The number of rotatable bonds is 8. The van der Waals surface area contributed by atoms with E-state index in [9.17, 15) is 31.1 Å². The minimum Gasteiger partial charge on any atom is -0.406 e. The molecule has 2 heterocycles. The van der Waals surface area contributed by atoms with Crippen LogP contribution in [0.15, 0.2) is 48.5 Å². The van der Waals surface area contributed by atoms with Crippen molar-refractivity contribution < 1.29 is 40.6 Å². The number of likely N-dealkylation sites (tertiary alicyclic amines) is 1. The van der Waals surface area contributed by atoms with Crippen LogP contribution in [-0.4, -0.2) is 59.6 Å². The SMILES string of the molecule is CCN(CC1CCCN(Cc2ccc(OC(F)(F)F)cc2)C1)C(=O)c1cc2cc(OC(F)(F)F)ccc2[nH]1. The Morgan fingerprint density at radius 3 is 2.32 bits per heavy atom. The van der Waals surface area contributed by atoms with Gasteiger partial charge in [0.2, 0.25) is 0 Å². The van der Waals surface area contributed by atoms with Gasteiger partial charge in [-0.05, 0) is 74.2 Å². The number of aromatic nitrogens is 1. The van der Waals surface area contributed by atoms with E-state index >= 15 is 0 Å². The fourth-order valence-electron chi connectivity index (χ4n) is 4.76. The molecule has 0 radical (unpaired) electrons. The van der Waals surface area contributed by atoms with Gasteiger partial charge in [0.05, 0.1) is 0 Å². The van der Waals surface area contributed by atoms with Gasteiger partial charge in [0, 0.05) is 37.1 Å². The number of amides is 1. The van der Waals surface area contributed by atoms with Crippen LogP contribution in [0, 0.1) is 5.92 Å². The predicted octanol–water partition coefficient (Wildman–Crippen LogP) is 6.34. The Labute approximate surface area is 215 Å². The monoisotopic (exact) mass is 543 g/mol. The summed E-state index contributed by atoms with van der Waals surface area (Å²) in [7, 11) is 0. The molecule has 3 aromatic rings. The van der Waals surface area contributed by atoms with E-state index in [4.69, 9.17) is 0 Å². The van der Waals surface area contributed by atoms with E-state index in [-0.39, 0.29) is 29.0 Å². The molecule has 1 atom stereocenters. The largest absolute Gasteiger partial charge is 0.573 e. The Morgan fingerprint density at radius 2 is 1.66 bits per heavy atom. The van der Waals surface area contributed by atoms with Gasteiger partial charge in [-0.15, -0.1) is 26.3 Å². The van der Waals surface area contributed by atoms with Crippen molar-refractivity contribution in [3.8, 4) is 11.5 Å². The molecular formula is C26H27F6N3O3. The van der Waals surface area contributed by atoms with Crippen molar-refractivity contribution in [2.24, 2.45) is 5.92 Å². The number of nitrogens with one attached hydrogen (secondary N) is 1. The molecule has 0 bridgehead atoms. The predicted molar refractivity (Wildman–Crippen MR) is 128 cm³/mol. The number of carbonyl (C=O) groups excluding carboxylic acids is 1. The van der Waals surface area contributed by atoms with E-state index < -0.39 is 12.7 Å². The molecule has 1 N–H and O–H groups in total. The molecule has 1 aliphatic rings. The Kier molecular flexibility index (Phi) is 8.10. The van der Waals surface area contributed by atoms with Crippen LogP contribution in [0.25, 0.3) is 10.9 Å². The van der Waals surface area contributed by atoms with Crippen molar-refractivity contribution >= 4 is 16.8 Å². The van der Waals surface area contributed by atoms with Crippen LogP contribution in [-0.2, 0) is 6.54 Å². The highest BCUT2D eigenvalue weighted by molar-refractivity contribution is 5.98. The number of alkyl halides is 6. The summed E-state index contributed by atoms with van der Waals surface area (Å²) < 4.78 is 82.6. The van der Waals surface area contributed by atoms with Gasteiger partial charge in [0.1, 0.15) is 17.2 Å². The number of hydrogen-bond donors (Lipinski definition) is 1. The zero-order valence-corrected chi connectivity index (χ0v) is 20.5. The van der Waals surface area contributed by atoms with E-state index in [0.29, 0.717) is 30.5 Å². The first kappa shape index (κ1) is 27.6. The quantitative estimate of drug-likeness (QED) is 0.337. The highest BCUT2D eigenvalue weighted by Crippen LogP contribution is 2.28. The number of ether oxygens (including phenoxy) is 2. The topological polar surface area (TPSA) is 57.8 Å². The second-order valence-electron chi connectivity index (χ2n) is 9.26. The van der Waals surface area contributed by atoms with Gasteiger partial charge in [0.15, 0.2) is 0 Å². The third-order valence-corrected chi connectivity index (χ3v) is 6.37. The van der Waals surface area contributed by atoms with Crippen molar-refractivity contribution in [2.75, 3.05) is 26.2 Å². The zero-order chi connectivity index (χ0) is 27.5. The summed E-state index contributed by atoms with van der Waals surface area (Å²) in [6, 6.07) is 11.2. The number of H-pyrrole nitrogens is 1. The molecule has 0 aliphatic carbocycles. The van der Waals surface area contributed by atoms with Gasteiger partial charge in [-0.1, -0.05) is 12.1 Å². The maximum atomic E-state index is 13.2. The molecule has 1 amide bonds. The van der Waals surface area contributed by atoms with Crippen LogP contribution < -0.4 is 9.47 Å². The van der Waals surface area contributed by atoms with E-state index in [1.807, 2.05) is 6.92 Å². The molecule has 1 saturated heterocycles. The van der Waals surface area contributed by atoms with Crippen molar-refractivity contribution in [2.45, 2.75) is 39.0 Å². The third-order valence-electron chi connectivity index (χ3n) is 6.37. The van der Waals surface area contributed by atoms with E-state index in [2.05, 4.69) is 19.4 Å². The Balaban J connectivity index is 1.36. The van der Waals surface area contributed by atoms with Gasteiger partial charge >= 0.3 is 12.7 Å². The van der Waals surface area contributed by atoms with E-state index in [1.165, 1.54) is 36.4 Å². The number of nitrogens with zero attached hydrogens (tertiary/aromatic N) is 2. The molecule has 1 fully saturated rings. The summed E-state index contributed by atoms with van der Waals surface area (Å²) in [4.78, 5) is 20.1. The second-order valence-corrected chi connectivity index (χ2v) is 9.26. The minimum absolute atomic E-state index is 0.191. The maximum Gasteiger partial charge on any atom is 0.573 e. The first-order valence-electron chi connectivity index (χ1n) is 12.1. The first-order chi connectivity index (χ1) is 17.9. The molecule has 1 unspecified atom stereocenters. The Bertz CT molecular complexity index is 1240. The van der Waals surface area contributed by atoms with Crippen LogP contribution in [0.1, 0.15) is 35.8 Å². The normalized spacial score (nSPS) is 17.0.